The van der Waals surface area contributed by atoms with E-state index in [-0.39, 0.29) is 10.8 Å². The molecule has 0 aromatic carbocycles. The standard InChI is InChI=1S/C5H8N2OS/c6-4(8)5-3-7(5)1-2-9-5/h1-3H2,(H2,6,8). The van der Waals surface area contributed by atoms with E-state index in [4.69, 9.17) is 5.73 Å². The zero-order valence-electron chi connectivity index (χ0n) is 4.96. The fourth-order valence-electron chi connectivity index (χ4n) is 1.25. The summed E-state index contributed by atoms with van der Waals surface area (Å²) in [6.07, 6.45) is 0. The summed E-state index contributed by atoms with van der Waals surface area (Å²) in [6.45, 7) is 1.92. The van der Waals surface area contributed by atoms with Crippen LogP contribution in [0.5, 0.6) is 0 Å². The molecule has 0 aromatic rings. The fourth-order valence-corrected chi connectivity index (χ4v) is 2.56. The Kier molecular flexibility index (Phi) is 0.887. The third kappa shape index (κ3) is 0.548. The van der Waals surface area contributed by atoms with Crippen molar-refractivity contribution >= 4 is 17.7 Å². The largest absolute Gasteiger partial charge is 0.367 e. The van der Waals surface area contributed by atoms with E-state index in [1.165, 1.54) is 0 Å². The molecule has 0 radical (unpaired) electrons. The number of hydrogen-bond donors (Lipinski definition) is 1. The van der Waals surface area contributed by atoms with Crippen molar-refractivity contribution in [1.82, 2.24) is 4.90 Å². The molecule has 9 heavy (non-hydrogen) atoms. The Morgan fingerprint density at radius 2 is 2.56 bits per heavy atom. The Balaban J connectivity index is 2.19. The highest BCUT2D eigenvalue weighted by atomic mass is 32.2. The number of nitrogens with zero attached hydrogens (tertiary/aromatic N) is 1. The molecular formula is C5H8N2OS. The molecule has 2 unspecified atom stereocenters. The van der Waals surface area contributed by atoms with E-state index in [9.17, 15) is 4.79 Å². The van der Waals surface area contributed by atoms with E-state index >= 15 is 0 Å². The molecule has 1 amide bonds. The Bertz CT molecular complexity index is 172. The van der Waals surface area contributed by atoms with Gasteiger partial charge in [0.1, 0.15) is 0 Å². The molecular weight excluding hydrogens is 136 g/mol. The maximum atomic E-state index is 10.7. The highest BCUT2D eigenvalue weighted by molar-refractivity contribution is 8.02. The third-order valence-electron chi connectivity index (χ3n) is 1.90. The molecule has 2 rings (SSSR count). The van der Waals surface area contributed by atoms with Crippen molar-refractivity contribution in [3.63, 3.8) is 0 Å². The van der Waals surface area contributed by atoms with Crippen LogP contribution in [0.25, 0.3) is 0 Å². The predicted octanol–water partition coefficient (Wildman–Crippen LogP) is -0.770. The van der Waals surface area contributed by atoms with Crippen molar-refractivity contribution in [2.45, 2.75) is 4.87 Å². The summed E-state index contributed by atoms with van der Waals surface area (Å²) in [7, 11) is 0. The van der Waals surface area contributed by atoms with Gasteiger partial charge in [0.2, 0.25) is 5.91 Å². The van der Waals surface area contributed by atoms with Crippen LogP contribution >= 0.6 is 11.8 Å². The molecule has 50 valence electrons. The minimum Gasteiger partial charge on any atom is -0.367 e. The van der Waals surface area contributed by atoms with Gasteiger partial charge in [-0.2, -0.15) is 0 Å². The Labute approximate surface area is 57.6 Å². The smallest absolute Gasteiger partial charge is 0.249 e. The maximum Gasteiger partial charge on any atom is 0.249 e. The molecule has 0 bridgehead atoms. The van der Waals surface area contributed by atoms with Gasteiger partial charge in [0.25, 0.3) is 0 Å². The third-order valence-corrected chi connectivity index (χ3v) is 3.35. The van der Waals surface area contributed by atoms with Crippen LogP contribution in [0.1, 0.15) is 0 Å². The summed E-state index contributed by atoms with van der Waals surface area (Å²) in [5.41, 5.74) is 5.17. The van der Waals surface area contributed by atoms with E-state index in [1.54, 1.807) is 11.8 Å². The van der Waals surface area contributed by atoms with Crippen LogP contribution in [0.4, 0.5) is 0 Å². The van der Waals surface area contributed by atoms with Crippen molar-refractivity contribution in [2.75, 3.05) is 18.8 Å². The molecule has 2 fully saturated rings. The van der Waals surface area contributed by atoms with Crippen molar-refractivity contribution in [1.29, 1.82) is 0 Å². The monoisotopic (exact) mass is 144 g/mol. The molecule has 2 saturated heterocycles. The van der Waals surface area contributed by atoms with Gasteiger partial charge in [-0.25, -0.2) is 0 Å². The molecule has 2 heterocycles. The van der Waals surface area contributed by atoms with Gasteiger partial charge in [-0.1, -0.05) is 0 Å². The van der Waals surface area contributed by atoms with Crippen LogP contribution in [0, 0.1) is 0 Å². The lowest BCUT2D eigenvalue weighted by Crippen LogP contribution is -2.30. The van der Waals surface area contributed by atoms with Crippen molar-refractivity contribution < 1.29 is 4.79 Å². The van der Waals surface area contributed by atoms with Gasteiger partial charge in [-0.15, -0.1) is 11.8 Å². The second-order valence-corrected chi connectivity index (χ2v) is 3.79. The topological polar surface area (TPSA) is 46.1 Å². The van der Waals surface area contributed by atoms with Gasteiger partial charge in [-0.05, 0) is 0 Å². The summed E-state index contributed by atoms with van der Waals surface area (Å²) in [5, 5.41) is 0. The summed E-state index contributed by atoms with van der Waals surface area (Å²) >= 11 is 1.68. The first-order valence-electron chi connectivity index (χ1n) is 2.95. The molecule has 2 N–H and O–H groups in total. The number of carbonyl (C=O) groups is 1. The van der Waals surface area contributed by atoms with Crippen LogP contribution in [0.2, 0.25) is 0 Å². The lowest BCUT2D eigenvalue weighted by molar-refractivity contribution is -0.118. The first-order chi connectivity index (χ1) is 4.26. The molecule has 0 aliphatic carbocycles. The molecule has 0 aromatic heterocycles. The van der Waals surface area contributed by atoms with Gasteiger partial charge in [0.05, 0.1) is 0 Å². The van der Waals surface area contributed by atoms with E-state index < -0.39 is 0 Å². The first-order valence-corrected chi connectivity index (χ1v) is 3.93. The van der Waals surface area contributed by atoms with Crippen LogP contribution in [0.3, 0.4) is 0 Å². The van der Waals surface area contributed by atoms with Crippen LogP contribution in [-0.4, -0.2) is 34.5 Å². The van der Waals surface area contributed by atoms with E-state index in [0.717, 1.165) is 18.8 Å². The number of nitrogens with two attached hydrogens (primary N) is 1. The molecule has 0 spiro atoms. The van der Waals surface area contributed by atoms with Gasteiger partial charge >= 0.3 is 0 Å². The Morgan fingerprint density at radius 3 is 2.78 bits per heavy atom. The summed E-state index contributed by atoms with van der Waals surface area (Å²) in [6, 6.07) is 0. The number of carbonyl (C=O) groups excluding carboxylic acids is 1. The molecule has 2 atom stereocenters. The highest BCUT2D eigenvalue weighted by Crippen LogP contribution is 2.47. The number of rotatable bonds is 1. The van der Waals surface area contributed by atoms with Gasteiger partial charge in [0, 0.05) is 18.8 Å². The molecule has 0 saturated carbocycles. The zero-order chi connectivity index (χ0) is 6.48. The number of primary amides is 1. The Hall–Kier alpha value is -0.220. The van der Waals surface area contributed by atoms with Gasteiger partial charge < -0.3 is 5.73 Å². The number of hydrogen-bond acceptors (Lipinski definition) is 3. The normalized spacial score (nSPS) is 46.4. The Morgan fingerprint density at radius 1 is 1.78 bits per heavy atom. The average molecular weight is 144 g/mol. The minimum atomic E-state index is -0.250. The SMILES string of the molecule is NC(=O)C12CN1CCS2. The highest BCUT2D eigenvalue weighted by Gasteiger charge is 2.60. The number of thioether (sulfide) groups is 1. The fraction of sp³-hybridized carbons (Fsp3) is 0.800. The molecule has 2 aliphatic rings. The number of fused-ring (bicyclic) bond motifs is 1. The van der Waals surface area contributed by atoms with Crippen LogP contribution in [-0.2, 0) is 4.79 Å². The van der Waals surface area contributed by atoms with Crippen molar-refractivity contribution in [2.24, 2.45) is 5.73 Å². The van der Waals surface area contributed by atoms with E-state index in [0.29, 0.717) is 0 Å². The molecule has 2 aliphatic heterocycles. The lowest BCUT2D eigenvalue weighted by atomic mass is 10.4. The molecule has 3 nitrogen and oxygen atoms in total. The minimum absolute atomic E-state index is 0.162. The second kappa shape index (κ2) is 1.44. The predicted molar refractivity (Wildman–Crippen MR) is 36.0 cm³/mol. The lowest BCUT2D eigenvalue weighted by Gasteiger charge is -2.00. The zero-order valence-corrected chi connectivity index (χ0v) is 5.78. The molecule has 4 heteroatoms. The quantitative estimate of drug-likeness (QED) is 0.492. The summed E-state index contributed by atoms with van der Waals surface area (Å²) in [4.78, 5) is 12.6. The average Bonchev–Trinajstić information content (AvgIpc) is 2.38. The maximum absolute atomic E-state index is 10.7. The first kappa shape index (κ1) is 5.56. The van der Waals surface area contributed by atoms with Gasteiger partial charge in [0.15, 0.2) is 4.87 Å². The van der Waals surface area contributed by atoms with Gasteiger partial charge in [-0.3, -0.25) is 9.69 Å². The summed E-state index contributed by atoms with van der Waals surface area (Å²) < 4.78 is 0. The number of amides is 1. The van der Waals surface area contributed by atoms with Crippen molar-refractivity contribution in [3.05, 3.63) is 0 Å². The second-order valence-electron chi connectivity index (χ2n) is 2.42. The van der Waals surface area contributed by atoms with E-state index in [2.05, 4.69) is 4.90 Å². The van der Waals surface area contributed by atoms with Crippen molar-refractivity contribution in [3.8, 4) is 0 Å². The summed E-state index contributed by atoms with van der Waals surface area (Å²) in [5.74, 6) is 0.896. The van der Waals surface area contributed by atoms with E-state index in [1.807, 2.05) is 0 Å². The van der Waals surface area contributed by atoms with Crippen LogP contribution in [0.15, 0.2) is 0 Å². The van der Waals surface area contributed by atoms with Crippen LogP contribution < -0.4 is 5.73 Å².